The highest BCUT2D eigenvalue weighted by molar-refractivity contribution is 6.25. The topological polar surface area (TPSA) is 107 Å². The number of nitrogens with zero attached hydrogens (tertiary/aromatic N) is 6. The average Bonchev–Trinajstić information content (AvgIpc) is 3.65. The molecule has 10 heteroatoms. The minimum atomic E-state index is -0.982. The fraction of sp³-hybridized carbons (Fsp3) is 0.267. The molecule has 0 unspecified atom stereocenters. The maximum Gasteiger partial charge on any atom is 0.264 e. The van der Waals surface area contributed by atoms with E-state index >= 15 is 0 Å². The summed E-state index contributed by atoms with van der Waals surface area (Å²) in [6.07, 6.45) is 0.521. The van der Waals surface area contributed by atoms with Crippen molar-refractivity contribution in [3.05, 3.63) is 95.1 Å². The number of carbonyl (C=O) groups excluding carboxylic acids is 3. The zero-order chi connectivity index (χ0) is 28.0. The Morgan fingerprint density at radius 3 is 2.20 bits per heavy atom. The molecule has 3 atom stereocenters. The van der Waals surface area contributed by atoms with Gasteiger partial charge in [-0.2, -0.15) is 10.2 Å². The molecule has 40 heavy (non-hydrogen) atoms. The van der Waals surface area contributed by atoms with Crippen LogP contribution in [0.4, 0.5) is 5.69 Å². The summed E-state index contributed by atoms with van der Waals surface area (Å²) in [5.41, 5.74) is 5.24. The first-order chi connectivity index (χ1) is 19.3. The van der Waals surface area contributed by atoms with Crippen molar-refractivity contribution in [2.45, 2.75) is 38.4 Å². The second-order valence-electron chi connectivity index (χ2n) is 10.2. The minimum absolute atomic E-state index is 0.247. The molecular weight excluding hydrogens is 508 g/mol. The van der Waals surface area contributed by atoms with Gasteiger partial charge in [0.2, 0.25) is 0 Å². The third-order valence-corrected chi connectivity index (χ3v) is 7.50. The molecule has 3 aromatic carbocycles. The van der Waals surface area contributed by atoms with Crippen LogP contribution in [0.5, 0.6) is 5.75 Å². The van der Waals surface area contributed by atoms with E-state index in [1.807, 2.05) is 74.5 Å². The summed E-state index contributed by atoms with van der Waals surface area (Å²) in [5, 5.41) is 15.6. The number of hydrogen-bond donors (Lipinski definition) is 0. The van der Waals surface area contributed by atoms with Crippen LogP contribution >= 0.6 is 0 Å². The van der Waals surface area contributed by atoms with Gasteiger partial charge in [0.1, 0.15) is 12.3 Å². The zero-order valence-electron chi connectivity index (χ0n) is 22.4. The van der Waals surface area contributed by atoms with E-state index in [1.165, 1.54) is 10.0 Å². The molecule has 3 amide bonds. The van der Waals surface area contributed by atoms with Crippen LogP contribution in [-0.4, -0.2) is 59.2 Å². The highest BCUT2D eigenvalue weighted by Crippen LogP contribution is 2.36. The van der Waals surface area contributed by atoms with E-state index in [0.717, 1.165) is 32.9 Å². The van der Waals surface area contributed by atoms with Gasteiger partial charge in [-0.3, -0.25) is 19.4 Å². The van der Waals surface area contributed by atoms with Gasteiger partial charge in [-0.1, -0.05) is 64.9 Å². The zero-order valence-corrected chi connectivity index (χ0v) is 22.4. The van der Waals surface area contributed by atoms with Gasteiger partial charge in [0, 0.05) is 6.42 Å². The van der Waals surface area contributed by atoms with Gasteiger partial charge in [0.05, 0.1) is 24.6 Å². The molecule has 0 saturated carbocycles. The average molecular weight is 537 g/mol. The molecule has 0 aromatic heterocycles. The van der Waals surface area contributed by atoms with Gasteiger partial charge in [0.25, 0.3) is 17.7 Å². The third-order valence-electron chi connectivity index (χ3n) is 7.50. The Labute approximate surface area is 231 Å². The van der Waals surface area contributed by atoms with E-state index in [0.29, 0.717) is 17.9 Å². The molecule has 202 valence electrons. The smallest absolute Gasteiger partial charge is 0.264 e. The van der Waals surface area contributed by atoms with Gasteiger partial charge in [-0.05, 0) is 49.2 Å². The van der Waals surface area contributed by atoms with Crippen LogP contribution in [0.25, 0.3) is 0 Å². The van der Waals surface area contributed by atoms with Crippen LogP contribution in [0.3, 0.4) is 0 Å². The molecule has 3 aliphatic heterocycles. The standard InChI is InChI=1S/C30H28N6O4/c1-18-4-8-20(9-5-18)24-16-25(21-10-14-23(40-3)15-11-21)36(32-24)26(37)17-34-28-27(31-33-34)29(38)35(30(28)39)22-12-6-19(2)7-13-22/h4-15,25,27-28H,16-17H2,1-3H3/t25-,27+,28+/m0/s1. The maximum atomic E-state index is 13.7. The van der Waals surface area contributed by atoms with Gasteiger partial charge in [0.15, 0.2) is 12.1 Å². The van der Waals surface area contributed by atoms with Crippen molar-refractivity contribution < 1.29 is 19.1 Å². The van der Waals surface area contributed by atoms with Gasteiger partial charge >= 0.3 is 0 Å². The largest absolute Gasteiger partial charge is 0.497 e. The number of hydrazone groups is 1. The van der Waals surface area contributed by atoms with Crippen molar-refractivity contribution >= 4 is 29.1 Å². The quantitative estimate of drug-likeness (QED) is 0.443. The first-order valence-electron chi connectivity index (χ1n) is 13.1. The Morgan fingerprint density at radius 2 is 1.55 bits per heavy atom. The Morgan fingerprint density at radius 1 is 0.900 bits per heavy atom. The molecular formula is C30H28N6O4. The van der Waals surface area contributed by atoms with E-state index in [9.17, 15) is 14.4 Å². The fourth-order valence-corrected chi connectivity index (χ4v) is 5.26. The maximum absolute atomic E-state index is 13.7. The van der Waals surface area contributed by atoms with Gasteiger partial charge in [-0.15, -0.1) is 0 Å². The van der Waals surface area contributed by atoms with Crippen LogP contribution in [-0.2, 0) is 14.4 Å². The lowest BCUT2D eigenvalue weighted by Crippen LogP contribution is -2.44. The summed E-state index contributed by atoms with van der Waals surface area (Å²) in [6.45, 7) is 3.70. The number of methoxy groups -OCH3 is 1. The van der Waals surface area contributed by atoms with Crippen molar-refractivity contribution in [2.75, 3.05) is 18.6 Å². The molecule has 1 saturated heterocycles. The molecule has 0 radical (unpaired) electrons. The van der Waals surface area contributed by atoms with E-state index in [1.54, 1.807) is 19.2 Å². The Kier molecular flexibility index (Phi) is 6.37. The van der Waals surface area contributed by atoms with Crippen LogP contribution in [0.1, 0.15) is 34.7 Å². The second-order valence-corrected chi connectivity index (χ2v) is 10.2. The number of fused-ring (bicyclic) bond motifs is 1. The number of carbonyl (C=O) groups is 3. The normalized spacial score (nSPS) is 21.7. The van der Waals surface area contributed by atoms with E-state index in [-0.39, 0.29) is 18.5 Å². The fourth-order valence-electron chi connectivity index (χ4n) is 5.26. The molecule has 3 aliphatic rings. The number of benzene rings is 3. The number of amides is 3. The summed E-state index contributed by atoms with van der Waals surface area (Å²) in [4.78, 5) is 41.3. The Bertz CT molecular complexity index is 1530. The van der Waals surface area contributed by atoms with Crippen LogP contribution in [0.15, 0.2) is 88.2 Å². The van der Waals surface area contributed by atoms with Gasteiger partial charge < -0.3 is 4.74 Å². The number of hydrogen-bond acceptors (Lipinski definition) is 8. The lowest BCUT2D eigenvalue weighted by atomic mass is 9.98. The van der Waals surface area contributed by atoms with E-state index < -0.39 is 23.9 Å². The predicted molar refractivity (Wildman–Crippen MR) is 148 cm³/mol. The van der Waals surface area contributed by atoms with Crippen molar-refractivity contribution in [1.82, 2.24) is 10.0 Å². The molecule has 0 aliphatic carbocycles. The molecule has 6 rings (SSSR count). The number of rotatable bonds is 6. The first-order valence-corrected chi connectivity index (χ1v) is 13.1. The Hall–Kier alpha value is -4.86. The number of anilines is 1. The molecule has 3 heterocycles. The summed E-state index contributed by atoms with van der Waals surface area (Å²) in [7, 11) is 1.60. The highest BCUT2D eigenvalue weighted by atomic mass is 16.5. The lowest BCUT2D eigenvalue weighted by molar-refractivity contribution is -0.135. The van der Waals surface area contributed by atoms with Crippen LogP contribution in [0.2, 0.25) is 0 Å². The summed E-state index contributed by atoms with van der Waals surface area (Å²) < 4.78 is 5.30. The molecule has 10 nitrogen and oxygen atoms in total. The van der Waals surface area contributed by atoms with Gasteiger partial charge in [-0.25, -0.2) is 9.91 Å². The summed E-state index contributed by atoms with van der Waals surface area (Å²) in [5.74, 6) is -0.537. The summed E-state index contributed by atoms with van der Waals surface area (Å²) >= 11 is 0. The minimum Gasteiger partial charge on any atom is -0.497 e. The van der Waals surface area contributed by atoms with Crippen molar-refractivity contribution in [3.8, 4) is 5.75 Å². The number of imide groups is 1. The Balaban J connectivity index is 1.26. The number of ether oxygens (including phenoxy) is 1. The van der Waals surface area contributed by atoms with Crippen LogP contribution in [0, 0.1) is 13.8 Å². The van der Waals surface area contributed by atoms with Crippen molar-refractivity contribution in [1.29, 1.82) is 0 Å². The van der Waals surface area contributed by atoms with E-state index in [2.05, 4.69) is 10.3 Å². The molecule has 0 N–H and O–H groups in total. The van der Waals surface area contributed by atoms with E-state index in [4.69, 9.17) is 9.84 Å². The monoisotopic (exact) mass is 536 g/mol. The predicted octanol–water partition coefficient (Wildman–Crippen LogP) is 3.98. The van der Waals surface area contributed by atoms with Crippen molar-refractivity contribution in [3.63, 3.8) is 0 Å². The number of aryl methyl sites for hydroxylation is 2. The third kappa shape index (κ3) is 4.41. The first kappa shape index (κ1) is 25.4. The lowest BCUT2D eigenvalue weighted by Gasteiger charge is -2.25. The second kappa shape index (κ2) is 10.0. The molecule has 3 aromatic rings. The molecule has 1 fully saturated rings. The summed E-state index contributed by atoms with van der Waals surface area (Å²) in [6, 6.07) is 20.4. The highest BCUT2D eigenvalue weighted by Gasteiger charge is 2.55. The van der Waals surface area contributed by atoms with Crippen molar-refractivity contribution in [2.24, 2.45) is 15.4 Å². The molecule has 0 bridgehead atoms. The van der Waals surface area contributed by atoms with Crippen LogP contribution < -0.4 is 9.64 Å². The SMILES string of the molecule is COc1ccc([C@@H]2CC(c3ccc(C)cc3)=NN2C(=O)CN2N=N[C@H]3C(=O)N(c4ccc(C)cc4)C(=O)[C@@H]32)cc1. The molecule has 0 spiro atoms.